The standard InChI is InChI=1S/C14H16BrN3/c1-9(11-4-3-5-12(16)8-11)17-14-7-6-13(15)10(2)18-14/h3-9H,16H2,1-2H3,(H,17,18). The molecule has 0 bridgehead atoms. The summed E-state index contributed by atoms with van der Waals surface area (Å²) in [6, 6.07) is 12.0. The van der Waals surface area contributed by atoms with Crippen LogP contribution in [0.5, 0.6) is 0 Å². The minimum Gasteiger partial charge on any atom is -0.399 e. The smallest absolute Gasteiger partial charge is 0.126 e. The molecule has 0 amide bonds. The first-order valence-electron chi connectivity index (χ1n) is 5.81. The first-order valence-corrected chi connectivity index (χ1v) is 6.60. The molecule has 1 aromatic heterocycles. The van der Waals surface area contributed by atoms with Crippen molar-refractivity contribution in [3.05, 3.63) is 52.1 Å². The van der Waals surface area contributed by atoms with Gasteiger partial charge in [0.1, 0.15) is 5.82 Å². The molecule has 4 heteroatoms. The van der Waals surface area contributed by atoms with Crippen LogP contribution in [0.4, 0.5) is 11.5 Å². The SMILES string of the molecule is Cc1nc(NC(C)c2cccc(N)c2)ccc1Br. The zero-order valence-electron chi connectivity index (χ0n) is 10.4. The Hall–Kier alpha value is -1.55. The molecule has 0 saturated carbocycles. The molecule has 1 aromatic carbocycles. The molecular weight excluding hydrogens is 290 g/mol. The predicted octanol–water partition coefficient (Wildman–Crippen LogP) is 3.91. The number of nitrogens with one attached hydrogen (secondary N) is 1. The lowest BCUT2D eigenvalue weighted by Crippen LogP contribution is -2.08. The zero-order valence-corrected chi connectivity index (χ0v) is 12.0. The second-order valence-corrected chi connectivity index (χ2v) is 5.15. The summed E-state index contributed by atoms with van der Waals surface area (Å²) in [7, 11) is 0. The van der Waals surface area contributed by atoms with Crippen LogP contribution >= 0.6 is 15.9 Å². The maximum atomic E-state index is 5.78. The van der Waals surface area contributed by atoms with Crippen molar-refractivity contribution < 1.29 is 0 Å². The summed E-state index contributed by atoms with van der Waals surface area (Å²) in [6.07, 6.45) is 0. The topological polar surface area (TPSA) is 50.9 Å². The molecule has 1 unspecified atom stereocenters. The first kappa shape index (κ1) is 12.9. The Morgan fingerprint density at radius 1 is 1.28 bits per heavy atom. The van der Waals surface area contributed by atoms with Gasteiger partial charge in [-0.25, -0.2) is 4.98 Å². The maximum Gasteiger partial charge on any atom is 0.126 e. The minimum atomic E-state index is 0.168. The molecule has 0 aliphatic rings. The van der Waals surface area contributed by atoms with Gasteiger partial charge in [-0.05, 0) is 59.6 Å². The van der Waals surface area contributed by atoms with Gasteiger partial charge in [-0.1, -0.05) is 12.1 Å². The third kappa shape index (κ3) is 3.01. The molecule has 1 atom stereocenters. The molecule has 3 N–H and O–H groups in total. The fraction of sp³-hybridized carbons (Fsp3) is 0.214. The number of halogens is 1. The van der Waals surface area contributed by atoms with Crippen molar-refractivity contribution in [1.29, 1.82) is 0 Å². The van der Waals surface area contributed by atoms with Crippen molar-refractivity contribution in [2.24, 2.45) is 0 Å². The first-order chi connectivity index (χ1) is 8.56. The molecule has 0 aliphatic carbocycles. The summed E-state index contributed by atoms with van der Waals surface area (Å²) in [5, 5.41) is 3.37. The van der Waals surface area contributed by atoms with Crippen molar-refractivity contribution in [2.75, 3.05) is 11.1 Å². The van der Waals surface area contributed by atoms with Gasteiger partial charge in [0.25, 0.3) is 0 Å². The number of pyridine rings is 1. The highest BCUT2D eigenvalue weighted by Gasteiger charge is 2.07. The lowest BCUT2D eigenvalue weighted by atomic mass is 10.1. The molecule has 3 nitrogen and oxygen atoms in total. The van der Waals surface area contributed by atoms with Crippen LogP contribution in [0, 0.1) is 6.92 Å². The number of aromatic nitrogens is 1. The van der Waals surface area contributed by atoms with Crippen LogP contribution in [-0.4, -0.2) is 4.98 Å². The Labute approximate surface area is 116 Å². The molecule has 0 spiro atoms. The van der Waals surface area contributed by atoms with Crippen LogP contribution in [0.3, 0.4) is 0 Å². The van der Waals surface area contributed by atoms with Crippen LogP contribution in [-0.2, 0) is 0 Å². The van der Waals surface area contributed by atoms with Gasteiger partial charge in [-0.3, -0.25) is 0 Å². The van der Waals surface area contributed by atoms with Gasteiger partial charge in [-0.2, -0.15) is 0 Å². The van der Waals surface area contributed by atoms with E-state index in [0.717, 1.165) is 27.2 Å². The van der Waals surface area contributed by atoms with Crippen LogP contribution in [0.2, 0.25) is 0 Å². The number of hydrogen-bond donors (Lipinski definition) is 2. The van der Waals surface area contributed by atoms with E-state index in [1.807, 2.05) is 37.3 Å². The second kappa shape index (κ2) is 5.40. The van der Waals surface area contributed by atoms with E-state index in [2.05, 4.69) is 39.2 Å². The third-order valence-corrected chi connectivity index (χ3v) is 3.63. The van der Waals surface area contributed by atoms with E-state index < -0.39 is 0 Å². The molecule has 0 saturated heterocycles. The van der Waals surface area contributed by atoms with Crippen LogP contribution in [0.1, 0.15) is 24.2 Å². The predicted molar refractivity (Wildman–Crippen MR) is 79.6 cm³/mol. The van der Waals surface area contributed by atoms with E-state index in [1.165, 1.54) is 0 Å². The second-order valence-electron chi connectivity index (χ2n) is 4.30. The van der Waals surface area contributed by atoms with Gasteiger partial charge < -0.3 is 11.1 Å². The number of anilines is 2. The minimum absolute atomic E-state index is 0.168. The van der Waals surface area contributed by atoms with Crippen molar-refractivity contribution in [2.45, 2.75) is 19.9 Å². The molecular formula is C14H16BrN3. The molecule has 94 valence electrons. The number of nitrogens with zero attached hydrogens (tertiary/aromatic N) is 1. The van der Waals surface area contributed by atoms with Gasteiger partial charge in [0, 0.05) is 10.2 Å². The Bertz CT molecular complexity index is 554. The number of benzene rings is 1. The fourth-order valence-corrected chi connectivity index (χ4v) is 1.98. The van der Waals surface area contributed by atoms with E-state index in [-0.39, 0.29) is 6.04 Å². The van der Waals surface area contributed by atoms with E-state index >= 15 is 0 Å². The fourth-order valence-electron chi connectivity index (χ4n) is 1.76. The maximum absolute atomic E-state index is 5.78. The van der Waals surface area contributed by atoms with Crippen LogP contribution in [0.15, 0.2) is 40.9 Å². The number of nitrogen functional groups attached to an aromatic ring is 1. The van der Waals surface area contributed by atoms with Crippen molar-refractivity contribution in [3.8, 4) is 0 Å². The normalized spacial score (nSPS) is 12.2. The summed E-state index contributed by atoms with van der Waals surface area (Å²) in [6.45, 7) is 4.06. The molecule has 0 radical (unpaired) electrons. The molecule has 18 heavy (non-hydrogen) atoms. The van der Waals surface area contributed by atoms with Crippen molar-refractivity contribution in [1.82, 2.24) is 4.98 Å². The number of aryl methyl sites for hydroxylation is 1. The monoisotopic (exact) mass is 305 g/mol. The third-order valence-electron chi connectivity index (χ3n) is 2.80. The van der Waals surface area contributed by atoms with Gasteiger partial charge in [0.2, 0.25) is 0 Å². The van der Waals surface area contributed by atoms with Crippen LogP contribution in [0.25, 0.3) is 0 Å². The summed E-state index contributed by atoms with van der Waals surface area (Å²) >= 11 is 3.44. The average molecular weight is 306 g/mol. The molecule has 2 aromatic rings. The average Bonchev–Trinajstić information content (AvgIpc) is 2.34. The van der Waals surface area contributed by atoms with Crippen molar-refractivity contribution >= 4 is 27.4 Å². The van der Waals surface area contributed by atoms with Crippen LogP contribution < -0.4 is 11.1 Å². The Morgan fingerprint density at radius 2 is 2.06 bits per heavy atom. The number of hydrogen-bond acceptors (Lipinski definition) is 3. The number of nitrogens with two attached hydrogens (primary N) is 1. The Morgan fingerprint density at radius 3 is 2.72 bits per heavy atom. The summed E-state index contributed by atoms with van der Waals surface area (Å²) in [5.74, 6) is 0.866. The molecule has 0 aliphatic heterocycles. The highest BCUT2D eigenvalue weighted by Crippen LogP contribution is 2.22. The summed E-state index contributed by atoms with van der Waals surface area (Å²) in [5.41, 5.74) is 8.69. The molecule has 1 heterocycles. The lowest BCUT2D eigenvalue weighted by Gasteiger charge is -2.16. The van der Waals surface area contributed by atoms with Gasteiger partial charge in [0.05, 0.1) is 11.7 Å². The van der Waals surface area contributed by atoms with Gasteiger partial charge in [-0.15, -0.1) is 0 Å². The van der Waals surface area contributed by atoms with E-state index in [4.69, 9.17) is 5.73 Å². The largest absolute Gasteiger partial charge is 0.399 e. The molecule has 2 rings (SSSR count). The van der Waals surface area contributed by atoms with E-state index in [0.29, 0.717) is 0 Å². The Balaban J connectivity index is 2.16. The van der Waals surface area contributed by atoms with Gasteiger partial charge >= 0.3 is 0 Å². The highest BCUT2D eigenvalue weighted by atomic mass is 79.9. The van der Waals surface area contributed by atoms with Gasteiger partial charge in [0.15, 0.2) is 0 Å². The highest BCUT2D eigenvalue weighted by molar-refractivity contribution is 9.10. The summed E-state index contributed by atoms with van der Waals surface area (Å²) < 4.78 is 1.02. The molecule has 0 fully saturated rings. The number of rotatable bonds is 3. The summed E-state index contributed by atoms with van der Waals surface area (Å²) in [4.78, 5) is 4.47. The van der Waals surface area contributed by atoms with E-state index in [1.54, 1.807) is 0 Å². The van der Waals surface area contributed by atoms with E-state index in [9.17, 15) is 0 Å². The Kier molecular flexibility index (Phi) is 3.87. The van der Waals surface area contributed by atoms with Crippen molar-refractivity contribution in [3.63, 3.8) is 0 Å². The lowest BCUT2D eigenvalue weighted by molar-refractivity contribution is 0.872. The zero-order chi connectivity index (χ0) is 13.1. The quantitative estimate of drug-likeness (QED) is 0.845.